The quantitative estimate of drug-likeness (QED) is 0.559. The molecule has 0 fully saturated rings. The van der Waals surface area contributed by atoms with Gasteiger partial charge in [-0.05, 0) is 66.6 Å². The second kappa shape index (κ2) is 10.4. The lowest BCUT2D eigenvalue weighted by atomic mass is 10.2. The Balaban J connectivity index is 3.15. The Bertz CT molecular complexity index is 126. The highest BCUT2D eigenvalue weighted by Gasteiger charge is 1.98. The summed E-state index contributed by atoms with van der Waals surface area (Å²) in [4.78, 5) is 4.68. The zero-order valence-corrected chi connectivity index (χ0v) is 10.8. The zero-order chi connectivity index (χ0) is 11.5. The third kappa shape index (κ3) is 11.8. The van der Waals surface area contributed by atoms with E-state index in [2.05, 4.69) is 30.9 Å². The average molecular weight is 215 g/mol. The number of unbranched alkanes of at least 4 members (excludes halogenated alkanes) is 3. The van der Waals surface area contributed by atoms with E-state index in [1.165, 1.54) is 51.7 Å². The molecule has 0 amide bonds. The van der Waals surface area contributed by atoms with Crippen molar-refractivity contribution in [1.29, 1.82) is 0 Å². The predicted molar refractivity (Wildman–Crippen MR) is 68.2 cm³/mol. The fourth-order valence-corrected chi connectivity index (χ4v) is 1.65. The van der Waals surface area contributed by atoms with Crippen LogP contribution in [-0.2, 0) is 0 Å². The van der Waals surface area contributed by atoms with E-state index in [1.54, 1.807) is 0 Å². The monoisotopic (exact) mass is 215 g/mol. The molecular formula is C12H29N3. The van der Waals surface area contributed by atoms with Crippen molar-refractivity contribution >= 4 is 0 Å². The summed E-state index contributed by atoms with van der Waals surface area (Å²) in [6.45, 7) is 4.49. The van der Waals surface area contributed by atoms with Crippen molar-refractivity contribution in [2.24, 2.45) is 5.73 Å². The largest absolute Gasteiger partial charge is 0.330 e. The maximum Gasteiger partial charge on any atom is -0.000960 e. The molecule has 0 aliphatic heterocycles. The first-order valence-corrected chi connectivity index (χ1v) is 6.20. The molecule has 92 valence electrons. The minimum absolute atomic E-state index is 0.846. The lowest BCUT2D eigenvalue weighted by molar-refractivity contribution is 0.294. The van der Waals surface area contributed by atoms with Gasteiger partial charge in [0, 0.05) is 0 Å². The number of nitrogens with two attached hydrogens (primary N) is 1. The van der Waals surface area contributed by atoms with Crippen LogP contribution in [0.4, 0.5) is 0 Å². The Hall–Kier alpha value is -0.120. The molecule has 0 aromatic carbocycles. The van der Waals surface area contributed by atoms with Gasteiger partial charge in [-0.25, -0.2) is 0 Å². The van der Waals surface area contributed by atoms with Gasteiger partial charge in [-0.1, -0.05) is 12.8 Å². The van der Waals surface area contributed by atoms with E-state index in [9.17, 15) is 0 Å². The average Bonchev–Trinajstić information content (AvgIpc) is 2.17. The highest BCUT2D eigenvalue weighted by Crippen LogP contribution is 2.00. The molecule has 0 atom stereocenters. The molecule has 0 aliphatic carbocycles. The van der Waals surface area contributed by atoms with E-state index in [4.69, 9.17) is 5.73 Å². The van der Waals surface area contributed by atoms with Gasteiger partial charge < -0.3 is 15.5 Å². The van der Waals surface area contributed by atoms with Crippen LogP contribution < -0.4 is 5.73 Å². The number of nitrogens with zero attached hydrogens (tertiary/aromatic N) is 2. The van der Waals surface area contributed by atoms with Gasteiger partial charge in [-0.3, -0.25) is 0 Å². The summed E-state index contributed by atoms with van der Waals surface area (Å²) in [6, 6.07) is 0. The van der Waals surface area contributed by atoms with Crippen LogP contribution in [-0.4, -0.2) is 57.1 Å². The van der Waals surface area contributed by atoms with Gasteiger partial charge in [0.1, 0.15) is 0 Å². The van der Waals surface area contributed by atoms with E-state index >= 15 is 0 Å². The van der Waals surface area contributed by atoms with Crippen LogP contribution in [0.1, 0.15) is 32.1 Å². The van der Waals surface area contributed by atoms with Crippen LogP contribution in [0.15, 0.2) is 0 Å². The highest BCUT2D eigenvalue weighted by atomic mass is 15.1. The first kappa shape index (κ1) is 14.9. The van der Waals surface area contributed by atoms with Crippen LogP contribution in [0, 0.1) is 0 Å². The topological polar surface area (TPSA) is 32.5 Å². The molecule has 0 spiro atoms. The van der Waals surface area contributed by atoms with E-state index in [0.29, 0.717) is 0 Å². The molecule has 0 aromatic heterocycles. The fraction of sp³-hybridized carbons (Fsp3) is 1.00. The van der Waals surface area contributed by atoms with Crippen molar-refractivity contribution in [1.82, 2.24) is 9.80 Å². The Morgan fingerprint density at radius 1 is 0.733 bits per heavy atom. The van der Waals surface area contributed by atoms with Crippen LogP contribution >= 0.6 is 0 Å². The molecule has 0 saturated carbocycles. The van der Waals surface area contributed by atoms with Gasteiger partial charge in [-0.2, -0.15) is 0 Å². The zero-order valence-electron chi connectivity index (χ0n) is 10.8. The van der Waals surface area contributed by atoms with Crippen LogP contribution in [0.3, 0.4) is 0 Å². The molecule has 0 aliphatic rings. The van der Waals surface area contributed by atoms with Gasteiger partial charge in [0.05, 0.1) is 0 Å². The molecule has 0 unspecified atom stereocenters. The summed E-state index contributed by atoms with van der Waals surface area (Å²) in [5.41, 5.74) is 5.45. The molecule has 15 heavy (non-hydrogen) atoms. The third-order valence-corrected chi connectivity index (χ3v) is 2.64. The second-order valence-corrected chi connectivity index (χ2v) is 4.66. The summed E-state index contributed by atoms with van der Waals surface area (Å²) in [5.74, 6) is 0. The summed E-state index contributed by atoms with van der Waals surface area (Å²) in [6.07, 6.45) is 6.40. The fourth-order valence-electron chi connectivity index (χ4n) is 1.65. The molecule has 0 saturated heterocycles. The molecule has 3 heteroatoms. The lowest BCUT2D eigenvalue weighted by Gasteiger charge is -2.17. The Kier molecular flexibility index (Phi) is 10.3. The first-order chi connectivity index (χ1) is 7.16. The van der Waals surface area contributed by atoms with Gasteiger partial charge in [0.2, 0.25) is 0 Å². The molecule has 0 radical (unpaired) electrons. The molecular weight excluding hydrogens is 186 g/mol. The van der Waals surface area contributed by atoms with Gasteiger partial charge >= 0.3 is 0 Å². The summed E-state index contributed by atoms with van der Waals surface area (Å²) in [7, 11) is 6.48. The Labute approximate surface area is 95.6 Å². The minimum atomic E-state index is 0.846. The van der Waals surface area contributed by atoms with Crippen LogP contribution in [0.25, 0.3) is 0 Å². The second-order valence-electron chi connectivity index (χ2n) is 4.66. The molecule has 0 aromatic rings. The lowest BCUT2D eigenvalue weighted by Crippen LogP contribution is -2.24. The predicted octanol–water partition coefficient (Wildman–Crippen LogP) is 1.39. The minimum Gasteiger partial charge on any atom is -0.330 e. The number of hydrogen-bond acceptors (Lipinski definition) is 3. The van der Waals surface area contributed by atoms with Gasteiger partial charge in [-0.15, -0.1) is 0 Å². The van der Waals surface area contributed by atoms with Crippen LogP contribution in [0.5, 0.6) is 0 Å². The summed E-state index contributed by atoms with van der Waals surface area (Å²) < 4.78 is 0. The van der Waals surface area contributed by atoms with E-state index in [0.717, 1.165) is 6.54 Å². The standard InChI is InChI=1S/C12H29N3/c1-14(2)10-8-12-15(3)11-7-5-4-6-9-13/h4-13H2,1-3H3. The van der Waals surface area contributed by atoms with E-state index < -0.39 is 0 Å². The summed E-state index contributed by atoms with van der Waals surface area (Å²) in [5, 5.41) is 0. The van der Waals surface area contributed by atoms with Crippen LogP contribution in [0.2, 0.25) is 0 Å². The van der Waals surface area contributed by atoms with Crippen molar-refractivity contribution in [3.05, 3.63) is 0 Å². The first-order valence-electron chi connectivity index (χ1n) is 6.20. The molecule has 3 nitrogen and oxygen atoms in total. The maximum absolute atomic E-state index is 5.45. The normalized spacial score (nSPS) is 11.6. The molecule has 0 rings (SSSR count). The van der Waals surface area contributed by atoms with Gasteiger partial charge in [0.15, 0.2) is 0 Å². The van der Waals surface area contributed by atoms with Crippen molar-refractivity contribution in [3.8, 4) is 0 Å². The van der Waals surface area contributed by atoms with Crippen molar-refractivity contribution < 1.29 is 0 Å². The third-order valence-electron chi connectivity index (χ3n) is 2.64. The van der Waals surface area contributed by atoms with Crippen molar-refractivity contribution in [2.75, 3.05) is 47.3 Å². The van der Waals surface area contributed by atoms with Gasteiger partial charge in [0.25, 0.3) is 0 Å². The molecule has 0 bridgehead atoms. The Morgan fingerprint density at radius 3 is 1.93 bits per heavy atom. The highest BCUT2D eigenvalue weighted by molar-refractivity contribution is 4.54. The molecule has 2 N–H and O–H groups in total. The summed E-state index contributed by atoms with van der Waals surface area (Å²) >= 11 is 0. The van der Waals surface area contributed by atoms with Crippen molar-refractivity contribution in [2.45, 2.75) is 32.1 Å². The maximum atomic E-state index is 5.45. The van der Waals surface area contributed by atoms with E-state index in [-0.39, 0.29) is 0 Å². The number of hydrogen-bond donors (Lipinski definition) is 1. The Morgan fingerprint density at radius 2 is 1.33 bits per heavy atom. The number of rotatable bonds is 10. The van der Waals surface area contributed by atoms with Crippen molar-refractivity contribution in [3.63, 3.8) is 0 Å². The smallest absolute Gasteiger partial charge is 0.000960 e. The van der Waals surface area contributed by atoms with E-state index in [1.807, 2.05) is 0 Å². The molecule has 0 heterocycles. The SMILES string of the molecule is CN(C)CCCN(C)CCCCCCN.